The average molecular weight is 227 g/mol. The first-order chi connectivity index (χ1) is 7.15. The largest absolute Gasteiger partial charge is 0.399 e. The first-order valence-electron chi connectivity index (χ1n) is 4.97. The Bertz CT molecular complexity index is 352. The summed E-state index contributed by atoms with van der Waals surface area (Å²) in [5.74, 6) is 0.539. The fourth-order valence-corrected chi connectivity index (χ4v) is 2.22. The van der Waals surface area contributed by atoms with Gasteiger partial charge in [-0.1, -0.05) is 0 Å². The molecular weight excluding hydrogens is 210 g/mol. The Morgan fingerprint density at radius 3 is 2.80 bits per heavy atom. The molecule has 0 saturated carbocycles. The van der Waals surface area contributed by atoms with Crippen molar-refractivity contribution in [1.82, 2.24) is 0 Å². The van der Waals surface area contributed by atoms with Crippen molar-refractivity contribution in [3.8, 4) is 0 Å². The van der Waals surface area contributed by atoms with Gasteiger partial charge in [0, 0.05) is 17.2 Å². The normalized spacial score (nSPS) is 12.7. The number of hydrogen-bond donors (Lipinski definition) is 1. The second kappa shape index (κ2) is 5.88. The molecular formula is C11H17NO2S. The van der Waals surface area contributed by atoms with Gasteiger partial charge in [0.25, 0.3) is 0 Å². The van der Waals surface area contributed by atoms with Gasteiger partial charge in [-0.05, 0) is 37.6 Å². The van der Waals surface area contributed by atoms with Crippen LogP contribution >= 0.6 is 0 Å². The van der Waals surface area contributed by atoms with Crippen LogP contribution in [0.15, 0.2) is 23.1 Å². The van der Waals surface area contributed by atoms with Crippen LogP contribution in [0, 0.1) is 6.92 Å². The van der Waals surface area contributed by atoms with Crippen molar-refractivity contribution >= 4 is 16.5 Å². The minimum Gasteiger partial charge on any atom is -0.399 e. The predicted octanol–water partition coefficient (Wildman–Crippen LogP) is 1.72. The van der Waals surface area contributed by atoms with Crippen LogP contribution in [-0.4, -0.2) is 23.2 Å². The molecule has 0 saturated heterocycles. The lowest BCUT2D eigenvalue weighted by Gasteiger charge is -2.05. The lowest BCUT2D eigenvalue weighted by atomic mass is 10.2. The van der Waals surface area contributed by atoms with Crippen LogP contribution in [0.4, 0.5) is 5.69 Å². The number of benzene rings is 1. The molecule has 3 nitrogen and oxygen atoms in total. The molecule has 0 radical (unpaired) electrons. The Kier molecular flexibility index (Phi) is 4.78. The number of aryl methyl sites for hydroxylation is 1. The first-order valence-corrected chi connectivity index (χ1v) is 6.29. The van der Waals surface area contributed by atoms with Crippen LogP contribution in [0.3, 0.4) is 0 Å². The maximum Gasteiger partial charge on any atom is 0.0585 e. The molecule has 0 aromatic heterocycles. The fraction of sp³-hybridized carbons (Fsp3) is 0.455. The average Bonchev–Trinajstić information content (AvgIpc) is 2.22. The molecule has 0 heterocycles. The molecule has 0 aliphatic heterocycles. The predicted molar refractivity (Wildman–Crippen MR) is 63.4 cm³/mol. The molecule has 0 amide bonds. The lowest BCUT2D eigenvalue weighted by molar-refractivity contribution is 0.164. The lowest BCUT2D eigenvalue weighted by Crippen LogP contribution is -2.06. The van der Waals surface area contributed by atoms with E-state index in [-0.39, 0.29) is 0 Å². The van der Waals surface area contributed by atoms with Gasteiger partial charge in [0.05, 0.1) is 23.2 Å². The van der Waals surface area contributed by atoms with Crippen molar-refractivity contribution < 1.29 is 8.95 Å². The second-order valence-corrected chi connectivity index (χ2v) is 4.84. The standard InChI is InChI=1S/C11H17NO2S/c1-3-14-6-7-15(13)10-4-5-11(12)9(2)8-10/h4-5,8H,3,6-7,12H2,1-2H3. The Morgan fingerprint density at radius 2 is 2.20 bits per heavy atom. The zero-order chi connectivity index (χ0) is 11.3. The highest BCUT2D eigenvalue weighted by Gasteiger charge is 2.04. The van der Waals surface area contributed by atoms with E-state index >= 15 is 0 Å². The highest BCUT2D eigenvalue weighted by molar-refractivity contribution is 7.85. The number of anilines is 1. The monoisotopic (exact) mass is 227 g/mol. The fourth-order valence-electron chi connectivity index (χ4n) is 1.19. The Balaban J connectivity index is 2.62. The smallest absolute Gasteiger partial charge is 0.0585 e. The van der Waals surface area contributed by atoms with E-state index < -0.39 is 10.8 Å². The summed E-state index contributed by atoms with van der Waals surface area (Å²) >= 11 is 0. The van der Waals surface area contributed by atoms with E-state index in [1.807, 2.05) is 26.0 Å². The van der Waals surface area contributed by atoms with Crippen LogP contribution in [0.5, 0.6) is 0 Å². The number of hydrogen-bond acceptors (Lipinski definition) is 3. The van der Waals surface area contributed by atoms with E-state index in [9.17, 15) is 4.21 Å². The van der Waals surface area contributed by atoms with Gasteiger partial charge in [-0.2, -0.15) is 0 Å². The van der Waals surface area contributed by atoms with Gasteiger partial charge >= 0.3 is 0 Å². The molecule has 0 aliphatic rings. The van der Waals surface area contributed by atoms with Crippen molar-refractivity contribution in [2.75, 3.05) is 24.7 Å². The van der Waals surface area contributed by atoms with E-state index in [0.29, 0.717) is 19.0 Å². The quantitative estimate of drug-likeness (QED) is 0.615. The molecule has 4 heteroatoms. The molecule has 1 aromatic rings. The molecule has 0 bridgehead atoms. The SMILES string of the molecule is CCOCCS(=O)c1ccc(N)c(C)c1. The molecule has 1 unspecified atom stereocenters. The maximum absolute atomic E-state index is 11.8. The molecule has 0 aliphatic carbocycles. The van der Waals surface area contributed by atoms with E-state index in [4.69, 9.17) is 10.5 Å². The minimum absolute atomic E-state index is 0.534. The summed E-state index contributed by atoms with van der Waals surface area (Å²) in [5.41, 5.74) is 7.39. The molecule has 84 valence electrons. The molecule has 1 aromatic carbocycles. The molecule has 0 fully saturated rings. The van der Waals surface area contributed by atoms with Crippen LogP contribution in [0.2, 0.25) is 0 Å². The molecule has 0 spiro atoms. The van der Waals surface area contributed by atoms with Crippen LogP contribution < -0.4 is 5.73 Å². The number of nitrogens with two attached hydrogens (primary N) is 1. The van der Waals surface area contributed by atoms with E-state index in [1.54, 1.807) is 6.07 Å². The van der Waals surface area contributed by atoms with Gasteiger partial charge in [-0.15, -0.1) is 0 Å². The van der Waals surface area contributed by atoms with Crippen LogP contribution in [-0.2, 0) is 15.5 Å². The second-order valence-electron chi connectivity index (χ2n) is 3.26. The molecule has 1 rings (SSSR count). The third kappa shape index (κ3) is 3.64. The topological polar surface area (TPSA) is 52.3 Å². The van der Waals surface area contributed by atoms with E-state index in [2.05, 4.69) is 0 Å². The molecule has 2 N–H and O–H groups in total. The number of rotatable bonds is 5. The van der Waals surface area contributed by atoms with Crippen molar-refractivity contribution in [2.45, 2.75) is 18.7 Å². The van der Waals surface area contributed by atoms with Crippen molar-refractivity contribution in [3.05, 3.63) is 23.8 Å². The van der Waals surface area contributed by atoms with Crippen LogP contribution in [0.25, 0.3) is 0 Å². The van der Waals surface area contributed by atoms with E-state index in [0.717, 1.165) is 16.1 Å². The Hall–Kier alpha value is -0.870. The molecule has 1 atom stereocenters. The van der Waals surface area contributed by atoms with Gasteiger partial charge in [0.2, 0.25) is 0 Å². The van der Waals surface area contributed by atoms with Crippen molar-refractivity contribution in [1.29, 1.82) is 0 Å². The summed E-state index contributed by atoms with van der Waals surface area (Å²) in [6.07, 6.45) is 0. The van der Waals surface area contributed by atoms with Gasteiger partial charge in [-0.25, -0.2) is 0 Å². The summed E-state index contributed by atoms with van der Waals surface area (Å²) in [7, 11) is -0.984. The van der Waals surface area contributed by atoms with Crippen molar-refractivity contribution in [2.24, 2.45) is 0 Å². The third-order valence-electron chi connectivity index (χ3n) is 2.12. The Morgan fingerprint density at radius 1 is 1.47 bits per heavy atom. The van der Waals surface area contributed by atoms with Gasteiger partial charge in [0.1, 0.15) is 0 Å². The first kappa shape index (κ1) is 12.2. The van der Waals surface area contributed by atoms with E-state index in [1.165, 1.54) is 0 Å². The molecule has 15 heavy (non-hydrogen) atoms. The Labute approximate surface area is 93.1 Å². The maximum atomic E-state index is 11.8. The van der Waals surface area contributed by atoms with Gasteiger partial charge < -0.3 is 10.5 Å². The summed E-state index contributed by atoms with van der Waals surface area (Å²) < 4.78 is 16.9. The number of ether oxygens (including phenoxy) is 1. The summed E-state index contributed by atoms with van der Waals surface area (Å²) in [5, 5.41) is 0. The van der Waals surface area contributed by atoms with Crippen molar-refractivity contribution in [3.63, 3.8) is 0 Å². The summed E-state index contributed by atoms with van der Waals surface area (Å²) in [6, 6.07) is 5.48. The summed E-state index contributed by atoms with van der Waals surface area (Å²) in [6.45, 7) is 5.04. The summed E-state index contributed by atoms with van der Waals surface area (Å²) in [4.78, 5) is 0.821. The highest BCUT2D eigenvalue weighted by Crippen LogP contribution is 2.15. The van der Waals surface area contributed by atoms with Gasteiger partial charge in [0.15, 0.2) is 0 Å². The number of nitrogen functional groups attached to an aromatic ring is 1. The zero-order valence-corrected chi connectivity index (χ0v) is 9.97. The zero-order valence-electron chi connectivity index (χ0n) is 9.16. The highest BCUT2D eigenvalue weighted by atomic mass is 32.2. The van der Waals surface area contributed by atoms with Gasteiger partial charge in [-0.3, -0.25) is 4.21 Å². The third-order valence-corrected chi connectivity index (χ3v) is 3.44. The van der Waals surface area contributed by atoms with Crippen LogP contribution in [0.1, 0.15) is 12.5 Å². The minimum atomic E-state index is -0.984.